The van der Waals surface area contributed by atoms with E-state index in [1.165, 1.54) is 0 Å². The second-order valence-corrected chi connectivity index (χ2v) is 7.02. The summed E-state index contributed by atoms with van der Waals surface area (Å²) < 4.78 is 2.18. The van der Waals surface area contributed by atoms with E-state index in [4.69, 9.17) is 4.98 Å². The fourth-order valence-corrected chi connectivity index (χ4v) is 4.28. The quantitative estimate of drug-likeness (QED) is 0.928. The van der Waals surface area contributed by atoms with Crippen LogP contribution in [0, 0.1) is 11.8 Å². The van der Waals surface area contributed by atoms with Crippen molar-refractivity contribution in [3.63, 3.8) is 0 Å². The average molecular weight is 341 g/mol. The van der Waals surface area contributed by atoms with Crippen LogP contribution in [0.3, 0.4) is 0 Å². The van der Waals surface area contributed by atoms with Gasteiger partial charge in [0, 0.05) is 13.1 Å². The van der Waals surface area contributed by atoms with Crippen molar-refractivity contribution in [2.24, 2.45) is 11.8 Å². The van der Waals surface area contributed by atoms with Crippen LogP contribution in [0.5, 0.6) is 0 Å². The minimum absolute atomic E-state index is 0.00383. The van der Waals surface area contributed by atoms with Gasteiger partial charge in [0.25, 0.3) is 0 Å². The van der Waals surface area contributed by atoms with Crippen LogP contribution in [0.2, 0.25) is 0 Å². The Morgan fingerprint density at radius 2 is 1.96 bits per heavy atom. The first-order valence-corrected chi connectivity index (χ1v) is 9.10. The first-order chi connectivity index (χ1) is 12.1. The summed E-state index contributed by atoms with van der Waals surface area (Å²) in [6, 6.07) is 7.99. The van der Waals surface area contributed by atoms with E-state index in [0.717, 1.165) is 36.2 Å². The molecule has 3 atom stereocenters. The van der Waals surface area contributed by atoms with Crippen molar-refractivity contribution in [1.29, 1.82) is 0 Å². The van der Waals surface area contributed by atoms with E-state index in [9.17, 15) is 14.7 Å². The molecule has 132 valence electrons. The SMILES string of the molecule is CCn1c(C2CCCN2C(=O)C2CCC2C(=O)O)nc2ccccc21. The molecule has 1 N–H and O–H groups in total. The highest BCUT2D eigenvalue weighted by atomic mass is 16.4. The summed E-state index contributed by atoms with van der Waals surface area (Å²) in [5, 5.41) is 9.27. The molecule has 3 unspecified atom stereocenters. The Balaban J connectivity index is 1.66. The summed E-state index contributed by atoms with van der Waals surface area (Å²) in [5.41, 5.74) is 2.04. The molecule has 2 fully saturated rings. The third-order valence-corrected chi connectivity index (χ3v) is 5.74. The predicted octanol–water partition coefficient (Wildman–Crippen LogP) is 2.83. The number of hydrogen-bond acceptors (Lipinski definition) is 3. The minimum atomic E-state index is -0.846. The van der Waals surface area contributed by atoms with Crippen LogP contribution >= 0.6 is 0 Å². The molecule has 1 amide bonds. The number of amides is 1. The van der Waals surface area contributed by atoms with Gasteiger partial charge >= 0.3 is 5.97 Å². The van der Waals surface area contributed by atoms with Gasteiger partial charge in [0.1, 0.15) is 5.82 Å². The second-order valence-electron chi connectivity index (χ2n) is 7.02. The predicted molar refractivity (Wildman–Crippen MR) is 92.9 cm³/mol. The fourth-order valence-electron chi connectivity index (χ4n) is 4.28. The lowest BCUT2D eigenvalue weighted by Gasteiger charge is -2.37. The Kier molecular flexibility index (Phi) is 3.98. The number of nitrogens with zero attached hydrogens (tertiary/aromatic N) is 3. The number of benzene rings is 1. The van der Waals surface area contributed by atoms with E-state index in [2.05, 4.69) is 17.6 Å². The van der Waals surface area contributed by atoms with Gasteiger partial charge in [0.2, 0.25) is 5.91 Å². The number of likely N-dealkylation sites (tertiary alicyclic amines) is 1. The Bertz CT molecular complexity index is 828. The minimum Gasteiger partial charge on any atom is -0.481 e. The molecule has 6 nitrogen and oxygen atoms in total. The summed E-state index contributed by atoms with van der Waals surface area (Å²) in [5.74, 6) is -0.797. The van der Waals surface area contributed by atoms with Crippen molar-refractivity contribution in [2.75, 3.05) is 6.54 Å². The van der Waals surface area contributed by atoms with E-state index in [1.54, 1.807) is 0 Å². The zero-order valence-electron chi connectivity index (χ0n) is 14.4. The van der Waals surface area contributed by atoms with Crippen molar-refractivity contribution in [3.8, 4) is 0 Å². The molecule has 4 rings (SSSR count). The van der Waals surface area contributed by atoms with E-state index in [-0.39, 0.29) is 17.9 Å². The van der Waals surface area contributed by atoms with Crippen molar-refractivity contribution < 1.29 is 14.7 Å². The molecule has 1 aromatic carbocycles. The molecule has 0 radical (unpaired) electrons. The Hall–Kier alpha value is -2.37. The molecule has 0 spiro atoms. The zero-order valence-corrected chi connectivity index (χ0v) is 14.4. The summed E-state index contributed by atoms with van der Waals surface area (Å²) in [6.07, 6.45) is 3.12. The lowest BCUT2D eigenvalue weighted by Crippen LogP contribution is -2.46. The van der Waals surface area contributed by atoms with Crippen LogP contribution in [0.15, 0.2) is 24.3 Å². The second kappa shape index (κ2) is 6.17. The van der Waals surface area contributed by atoms with E-state index < -0.39 is 11.9 Å². The third kappa shape index (κ3) is 2.51. The van der Waals surface area contributed by atoms with Gasteiger partial charge < -0.3 is 14.6 Å². The number of aliphatic carboxylic acids is 1. The van der Waals surface area contributed by atoms with Crippen LogP contribution in [-0.2, 0) is 16.1 Å². The number of hydrogen-bond donors (Lipinski definition) is 1. The van der Waals surface area contributed by atoms with Gasteiger partial charge in [-0.25, -0.2) is 4.98 Å². The largest absolute Gasteiger partial charge is 0.481 e. The molecular weight excluding hydrogens is 318 g/mol. The van der Waals surface area contributed by atoms with Crippen LogP contribution < -0.4 is 0 Å². The van der Waals surface area contributed by atoms with Gasteiger partial charge in [-0.3, -0.25) is 9.59 Å². The van der Waals surface area contributed by atoms with Gasteiger partial charge in [0.05, 0.1) is 28.9 Å². The normalized spacial score (nSPS) is 26.0. The third-order valence-electron chi connectivity index (χ3n) is 5.74. The Morgan fingerprint density at radius 1 is 1.20 bits per heavy atom. The molecule has 25 heavy (non-hydrogen) atoms. The van der Waals surface area contributed by atoms with Gasteiger partial charge in [-0.1, -0.05) is 12.1 Å². The highest BCUT2D eigenvalue weighted by Gasteiger charge is 2.46. The number of carbonyl (C=O) groups excluding carboxylic acids is 1. The molecular formula is C19H23N3O3. The van der Waals surface area contributed by atoms with Crippen molar-refractivity contribution in [3.05, 3.63) is 30.1 Å². The fraction of sp³-hybridized carbons (Fsp3) is 0.526. The van der Waals surface area contributed by atoms with Crippen molar-refractivity contribution >= 4 is 22.9 Å². The topological polar surface area (TPSA) is 75.4 Å². The van der Waals surface area contributed by atoms with Gasteiger partial charge in [-0.15, -0.1) is 0 Å². The molecule has 2 aromatic rings. The molecule has 1 saturated carbocycles. The molecule has 1 aliphatic heterocycles. The summed E-state index contributed by atoms with van der Waals surface area (Å²) in [6.45, 7) is 3.58. The number of rotatable bonds is 4. The standard InChI is InChI=1S/C19H23N3O3/c1-2-21-15-7-4-3-6-14(15)20-17(21)16-8-5-11-22(16)18(23)12-9-10-13(12)19(24)25/h3-4,6-7,12-13,16H,2,5,8-11H2,1H3,(H,24,25). The van der Waals surface area contributed by atoms with Gasteiger partial charge in [0.15, 0.2) is 0 Å². The van der Waals surface area contributed by atoms with E-state index in [0.29, 0.717) is 19.4 Å². The lowest BCUT2D eigenvalue weighted by molar-refractivity contribution is -0.157. The Labute approximate surface area is 146 Å². The first-order valence-electron chi connectivity index (χ1n) is 9.10. The van der Waals surface area contributed by atoms with E-state index >= 15 is 0 Å². The van der Waals surface area contributed by atoms with E-state index in [1.807, 2.05) is 23.1 Å². The first kappa shape index (κ1) is 16.1. The number of carboxylic acids is 1. The maximum atomic E-state index is 13.0. The molecule has 6 heteroatoms. The van der Waals surface area contributed by atoms with Crippen molar-refractivity contribution in [2.45, 2.75) is 45.2 Å². The molecule has 1 aliphatic carbocycles. The molecule has 2 heterocycles. The number of aromatic nitrogens is 2. The van der Waals surface area contributed by atoms with Crippen LogP contribution in [0.1, 0.15) is 44.5 Å². The molecule has 0 bridgehead atoms. The molecule has 2 aliphatic rings. The molecule has 1 saturated heterocycles. The summed E-state index contributed by atoms with van der Waals surface area (Å²) >= 11 is 0. The van der Waals surface area contributed by atoms with Crippen molar-refractivity contribution in [1.82, 2.24) is 14.5 Å². The zero-order chi connectivity index (χ0) is 17.6. The summed E-state index contributed by atoms with van der Waals surface area (Å²) in [7, 11) is 0. The van der Waals surface area contributed by atoms with Gasteiger partial charge in [-0.05, 0) is 44.7 Å². The van der Waals surface area contributed by atoms with Crippen LogP contribution in [0.25, 0.3) is 11.0 Å². The number of fused-ring (bicyclic) bond motifs is 1. The average Bonchev–Trinajstić information content (AvgIpc) is 3.17. The molecule has 1 aromatic heterocycles. The highest BCUT2D eigenvalue weighted by molar-refractivity contribution is 5.87. The number of imidazole rings is 1. The van der Waals surface area contributed by atoms with Gasteiger partial charge in [-0.2, -0.15) is 0 Å². The smallest absolute Gasteiger partial charge is 0.307 e. The maximum absolute atomic E-state index is 13.0. The number of aryl methyl sites for hydroxylation is 1. The monoisotopic (exact) mass is 341 g/mol. The number of carboxylic acid groups (broad SMARTS) is 1. The van der Waals surface area contributed by atoms with Crippen LogP contribution in [0.4, 0.5) is 0 Å². The Morgan fingerprint density at radius 3 is 2.64 bits per heavy atom. The highest BCUT2D eigenvalue weighted by Crippen LogP contribution is 2.40. The summed E-state index contributed by atoms with van der Waals surface area (Å²) in [4.78, 5) is 31.0. The number of carbonyl (C=O) groups is 2. The lowest BCUT2D eigenvalue weighted by atomic mass is 9.73. The van der Waals surface area contributed by atoms with Crippen LogP contribution in [-0.4, -0.2) is 38.0 Å². The maximum Gasteiger partial charge on any atom is 0.307 e. The number of para-hydroxylation sites is 2.